The number of ether oxygens (including phenoxy) is 4. The van der Waals surface area contributed by atoms with Crippen LogP contribution in [-0.2, 0) is 38.1 Å². The third-order valence-electron chi connectivity index (χ3n) is 9.66. The first-order valence-corrected chi connectivity index (χ1v) is 24.1. The zero-order valence-corrected chi connectivity index (χ0v) is 42.0. The minimum atomic E-state index is -0.718. The first kappa shape index (κ1) is 59.6. The summed E-state index contributed by atoms with van der Waals surface area (Å²) in [4.78, 5) is 80.0. The molecule has 3 N–H and O–H groups in total. The van der Waals surface area contributed by atoms with Crippen LogP contribution in [0, 0.1) is 5.92 Å². The Labute approximate surface area is 382 Å². The van der Waals surface area contributed by atoms with Crippen LogP contribution in [0.15, 0.2) is 0 Å². The number of carbonyl (C=O) groups is 6. The normalized spacial score (nSPS) is 12.6. The SMILES string of the molecule is CC(C)(C)OC(=O)CCCCCCCCCCCCCC(=O)C[C@@H](CCC(=O)NCCCN(CCCCN(CCCN)C(=O)OC(C)(C)C)C(=O)OC(C)(C)C)C(=O)OC(C)(C)C. The molecule has 0 unspecified atom stereocenters. The lowest BCUT2D eigenvalue weighted by molar-refractivity contribution is -0.161. The lowest BCUT2D eigenvalue weighted by Gasteiger charge is -2.29. The second kappa shape index (κ2) is 31.5. The molecule has 0 fully saturated rings. The van der Waals surface area contributed by atoms with Gasteiger partial charge in [0.05, 0.1) is 5.92 Å². The average Bonchev–Trinajstić information content (AvgIpc) is 3.12. The molecule has 0 saturated heterocycles. The van der Waals surface area contributed by atoms with Crippen LogP contribution in [0.5, 0.6) is 0 Å². The van der Waals surface area contributed by atoms with Gasteiger partial charge in [0, 0.05) is 58.4 Å². The van der Waals surface area contributed by atoms with Crippen molar-refractivity contribution >= 4 is 35.8 Å². The highest BCUT2D eigenvalue weighted by molar-refractivity contribution is 5.85. The number of ketones is 1. The van der Waals surface area contributed by atoms with E-state index in [0.29, 0.717) is 77.8 Å². The zero-order chi connectivity index (χ0) is 48.1. The number of nitrogens with two attached hydrogens (primary N) is 1. The number of carbonyl (C=O) groups excluding carboxylic acids is 6. The Kier molecular flexibility index (Phi) is 29.7. The quantitative estimate of drug-likeness (QED) is 0.0372. The fraction of sp³-hybridized carbons (Fsp3) is 0.878. The number of hydrogen-bond acceptors (Lipinski definition) is 11. The topological polar surface area (TPSA) is 184 Å². The van der Waals surface area contributed by atoms with Crippen LogP contribution in [0.2, 0.25) is 0 Å². The number of unbranched alkanes of at least 4 members (excludes halogenated alkanes) is 11. The number of nitrogens with zero attached hydrogens (tertiary/aromatic N) is 2. The van der Waals surface area contributed by atoms with Gasteiger partial charge in [0.25, 0.3) is 0 Å². The van der Waals surface area contributed by atoms with E-state index in [-0.39, 0.29) is 43.0 Å². The molecule has 0 aromatic rings. The number of esters is 2. The Morgan fingerprint density at radius 2 is 0.873 bits per heavy atom. The molecular weight excluding hydrogens is 805 g/mol. The third-order valence-corrected chi connectivity index (χ3v) is 9.66. The molecule has 0 aromatic heterocycles. The van der Waals surface area contributed by atoms with Gasteiger partial charge in [0.15, 0.2) is 0 Å². The maximum absolute atomic E-state index is 13.1. The monoisotopic (exact) mass is 897 g/mol. The van der Waals surface area contributed by atoms with Crippen molar-refractivity contribution in [3.8, 4) is 0 Å². The fourth-order valence-electron chi connectivity index (χ4n) is 6.66. The van der Waals surface area contributed by atoms with Crippen LogP contribution in [0.4, 0.5) is 9.59 Å². The second-order valence-electron chi connectivity index (χ2n) is 21.0. The maximum Gasteiger partial charge on any atom is 0.410 e. The van der Waals surface area contributed by atoms with Crippen molar-refractivity contribution in [1.29, 1.82) is 0 Å². The predicted octanol–water partition coefficient (Wildman–Crippen LogP) is 10.2. The number of rotatable bonds is 32. The van der Waals surface area contributed by atoms with E-state index < -0.39 is 40.4 Å². The minimum Gasteiger partial charge on any atom is -0.460 e. The molecule has 0 aliphatic carbocycles. The van der Waals surface area contributed by atoms with Gasteiger partial charge in [-0.25, -0.2) is 9.59 Å². The van der Waals surface area contributed by atoms with Crippen LogP contribution < -0.4 is 11.1 Å². The summed E-state index contributed by atoms with van der Waals surface area (Å²) in [5.41, 5.74) is 3.26. The molecule has 63 heavy (non-hydrogen) atoms. The lowest BCUT2D eigenvalue weighted by atomic mass is 9.94. The van der Waals surface area contributed by atoms with E-state index >= 15 is 0 Å². The highest BCUT2D eigenvalue weighted by Gasteiger charge is 2.28. The first-order valence-electron chi connectivity index (χ1n) is 24.1. The van der Waals surface area contributed by atoms with Crippen molar-refractivity contribution in [2.45, 2.75) is 234 Å². The summed E-state index contributed by atoms with van der Waals surface area (Å²) in [5, 5.41) is 2.90. The predicted molar refractivity (Wildman–Crippen MR) is 250 cm³/mol. The van der Waals surface area contributed by atoms with Gasteiger partial charge in [-0.2, -0.15) is 0 Å². The Bertz CT molecular complexity index is 1330. The van der Waals surface area contributed by atoms with E-state index in [1.807, 2.05) is 62.3 Å². The standard InChI is InChI=1S/C49H92N4O10/c1-46(2,3)60-42(56)29-23-21-19-17-15-13-14-16-18-20-22-28-40(54)38-39(43(57)61-47(4,5)6)30-31-41(55)51-33-27-37-53(45(59)63-49(10,11)12)35-25-24-34-52(36-26-32-50)44(58)62-48(7,8)9/h39H,13-38,50H2,1-12H3,(H,51,55)/t39-/m1/s1. The first-order chi connectivity index (χ1) is 29.2. The molecule has 0 bridgehead atoms. The molecule has 0 radical (unpaired) electrons. The van der Waals surface area contributed by atoms with Crippen LogP contribution in [0.25, 0.3) is 0 Å². The number of hydrogen-bond donors (Lipinski definition) is 2. The Morgan fingerprint density at radius 1 is 0.476 bits per heavy atom. The summed E-state index contributed by atoms with van der Waals surface area (Å²) in [7, 11) is 0. The van der Waals surface area contributed by atoms with Crippen LogP contribution in [0.1, 0.15) is 212 Å². The van der Waals surface area contributed by atoms with Crippen molar-refractivity contribution < 1.29 is 47.7 Å². The molecule has 14 heteroatoms. The lowest BCUT2D eigenvalue weighted by Crippen LogP contribution is -2.40. The Balaban J connectivity index is 4.80. The van der Waals surface area contributed by atoms with Gasteiger partial charge >= 0.3 is 24.1 Å². The molecule has 368 valence electrons. The van der Waals surface area contributed by atoms with E-state index in [9.17, 15) is 28.8 Å². The van der Waals surface area contributed by atoms with Gasteiger partial charge in [-0.05, 0) is 135 Å². The largest absolute Gasteiger partial charge is 0.460 e. The molecule has 0 aliphatic rings. The van der Waals surface area contributed by atoms with Gasteiger partial charge < -0.3 is 39.8 Å². The van der Waals surface area contributed by atoms with Crippen LogP contribution in [-0.4, -0.2) is 107 Å². The average molecular weight is 897 g/mol. The number of Topliss-reactive ketones (excluding diaryl/α,β-unsaturated/α-hetero) is 1. The molecular formula is C49H92N4O10. The van der Waals surface area contributed by atoms with Gasteiger partial charge in [-0.15, -0.1) is 0 Å². The van der Waals surface area contributed by atoms with E-state index in [2.05, 4.69) is 5.32 Å². The van der Waals surface area contributed by atoms with E-state index in [4.69, 9.17) is 24.7 Å². The third kappa shape index (κ3) is 36.6. The van der Waals surface area contributed by atoms with Gasteiger partial charge in [-0.1, -0.05) is 57.8 Å². The second-order valence-corrected chi connectivity index (χ2v) is 21.0. The molecule has 0 heterocycles. The molecule has 0 spiro atoms. The smallest absolute Gasteiger partial charge is 0.410 e. The van der Waals surface area contributed by atoms with Gasteiger partial charge in [-0.3, -0.25) is 19.2 Å². The molecule has 0 rings (SSSR count). The van der Waals surface area contributed by atoms with Gasteiger partial charge in [0.2, 0.25) is 5.91 Å². The summed E-state index contributed by atoms with van der Waals surface area (Å²) in [5.74, 6) is -1.52. The van der Waals surface area contributed by atoms with Crippen molar-refractivity contribution in [3.05, 3.63) is 0 Å². The van der Waals surface area contributed by atoms with Crippen LogP contribution in [0.3, 0.4) is 0 Å². The highest BCUT2D eigenvalue weighted by atomic mass is 16.6. The molecule has 0 aliphatic heterocycles. The van der Waals surface area contributed by atoms with E-state index in [1.165, 1.54) is 25.7 Å². The summed E-state index contributed by atoms with van der Waals surface area (Å²) >= 11 is 0. The Morgan fingerprint density at radius 3 is 1.30 bits per heavy atom. The maximum atomic E-state index is 13.1. The summed E-state index contributed by atoms with van der Waals surface area (Å²) in [6.45, 7) is 24.4. The molecule has 14 nitrogen and oxygen atoms in total. The number of amides is 3. The molecule has 1 atom stereocenters. The summed E-state index contributed by atoms with van der Waals surface area (Å²) in [6, 6.07) is 0. The van der Waals surface area contributed by atoms with Gasteiger partial charge in [0.1, 0.15) is 28.2 Å². The minimum absolute atomic E-state index is 0.00766. The Hall–Kier alpha value is -3.42. The molecule has 3 amide bonds. The summed E-state index contributed by atoms with van der Waals surface area (Å²) in [6.07, 6.45) is 14.5. The van der Waals surface area contributed by atoms with Crippen molar-refractivity contribution in [2.24, 2.45) is 11.7 Å². The van der Waals surface area contributed by atoms with E-state index in [0.717, 1.165) is 44.9 Å². The zero-order valence-electron chi connectivity index (χ0n) is 42.0. The van der Waals surface area contributed by atoms with Crippen LogP contribution >= 0.6 is 0 Å². The van der Waals surface area contributed by atoms with Crippen molar-refractivity contribution in [1.82, 2.24) is 15.1 Å². The van der Waals surface area contributed by atoms with Crippen molar-refractivity contribution in [2.75, 3.05) is 39.3 Å². The number of nitrogens with one attached hydrogen (secondary N) is 1. The molecule has 0 aromatic carbocycles. The highest BCUT2D eigenvalue weighted by Crippen LogP contribution is 2.21. The fourth-order valence-corrected chi connectivity index (χ4v) is 6.66. The summed E-state index contributed by atoms with van der Waals surface area (Å²) < 4.78 is 22.2. The van der Waals surface area contributed by atoms with Crippen molar-refractivity contribution in [3.63, 3.8) is 0 Å². The molecule has 0 saturated carbocycles. The van der Waals surface area contributed by atoms with E-state index in [1.54, 1.807) is 30.6 Å².